The fourth-order valence-corrected chi connectivity index (χ4v) is 2.56. The second-order valence-corrected chi connectivity index (χ2v) is 4.71. The first-order chi connectivity index (χ1) is 7.81. The summed E-state index contributed by atoms with van der Waals surface area (Å²) in [6.07, 6.45) is 1.07. The molecule has 1 atom stereocenters. The molecular formula is C14H17NS. The molecule has 1 nitrogen and oxygen atoms in total. The molecule has 0 bridgehead atoms. The Labute approximate surface area is 101 Å². The maximum atomic E-state index is 3.57. The minimum absolute atomic E-state index is 0.374. The van der Waals surface area contributed by atoms with Gasteiger partial charge in [0.2, 0.25) is 0 Å². The number of thiophene rings is 1. The van der Waals surface area contributed by atoms with Gasteiger partial charge in [0, 0.05) is 11.7 Å². The van der Waals surface area contributed by atoms with E-state index in [0.717, 1.165) is 6.42 Å². The van der Waals surface area contributed by atoms with E-state index in [1.54, 1.807) is 11.3 Å². The summed E-state index contributed by atoms with van der Waals surface area (Å²) >= 11 is 1.75. The molecule has 0 aliphatic rings. The van der Waals surface area contributed by atoms with Crippen LogP contribution >= 0.6 is 11.3 Å². The molecule has 1 N–H and O–H groups in total. The predicted molar refractivity (Wildman–Crippen MR) is 72.2 cm³/mol. The standard InChI is InChI=1S/C14H17NS/c1-3-12-6-4-5-7-14(12)15-11(2)13-8-9-16-10-13/h4-11,15H,3H2,1-2H3. The molecule has 2 aromatic rings. The van der Waals surface area contributed by atoms with Crippen LogP contribution in [0.25, 0.3) is 0 Å². The fourth-order valence-electron chi connectivity index (χ4n) is 1.81. The molecule has 0 aliphatic heterocycles. The molecule has 0 saturated heterocycles. The lowest BCUT2D eigenvalue weighted by molar-refractivity contribution is 0.885. The number of nitrogens with one attached hydrogen (secondary N) is 1. The SMILES string of the molecule is CCc1ccccc1NC(C)c1ccsc1. The minimum Gasteiger partial charge on any atom is -0.378 e. The Morgan fingerprint density at radius 2 is 2.06 bits per heavy atom. The maximum absolute atomic E-state index is 3.57. The summed E-state index contributed by atoms with van der Waals surface area (Å²) in [5, 5.41) is 7.90. The Morgan fingerprint density at radius 1 is 1.25 bits per heavy atom. The van der Waals surface area contributed by atoms with Crippen molar-refractivity contribution in [3.63, 3.8) is 0 Å². The highest BCUT2D eigenvalue weighted by Crippen LogP contribution is 2.23. The van der Waals surface area contributed by atoms with Crippen LogP contribution in [-0.2, 0) is 6.42 Å². The van der Waals surface area contributed by atoms with Crippen LogP contribution in [0.2, 0.25) is 0 Å². The van der Waals surface area contributed by atoms with Gasteiger partial charge in [-0.3, -0.25) is 0 Å². The van der Waals surface area contributed by atoms with Gasteiger partial charge in [-0.25, -0.2) is 0 Å². The first-order valence-corrected chi connectivity index (χ1v) is 6.62. The highest BCUT2D eigenvalue weighted by molar-refractivity contribution is 7.07. The van der Waals surface area contributed by atoms with Crippen molar-refractivity contribution < 1.29 is 0 Å². The van der Waals surface area contributed by atoms with Gasteiger partial charge in [0.15, 0.2) is 0 Å². The van der Waals surface area contributed by atoms with E-state index >= 15 is 0 Å². The lowest BCUT2D eigenvalue weighted by Gasteiger charge is -2.16. The Hall–Kier alpha value is -1.28. The van der Waals surface area contributed by atoms with Crippen LogP contribution < -0.4 is 5.32 Å². The molecule has 16 heavy (non-hydrogen) atoms. The second kappa shape index (κ2) is 5.17. The van der Waals surface area contributed by atoms with Gasteiger partial charge in [-0.2, -0.15) is 11.3 Å². The van der Waals surface area contributed by atoms with E-state index in [4.69, 9.17) is 0 Å². The monoisotopic (exact) mass is 231 g/mol. The van der Waals surface area contributed by atoms with E-state index in [1.807, 2.05) is 0 Å². The molecule has 0 amide bonds. The van der Waals surface area contributed by atoms with Gasteiger partial charge in [-0.05, 0) is 47.4 Å². The summed E-state index contributed by atoms with van der Waals surface area (Å²) in [5.74, 6) is 0. The zero-order valence-electron chi connectivity index (χ0n) is 9.73. The van der Waals surface area contributed by atoms with E-state index < -0.39 is 0 Å². The molecule has 0 spiro atoms. The first kappa shape index (κ1) is 11.2. The normalized spacial score (nSPS) is 12.4. The number of anilines is 1. The van der Waals surface area contributed by atoms with Gasteiger partial charge in [-0.1, -0.05) is 25.1 Å². The molecule has 2 heteroatoms. The van der Waals surface area contributed by atoms with Crippen LogP contribution in [0.4, 0.5) is 5.69 Å². The summed E-state index contributed by atoms with van der Waals surface area (Å²) in [6.45, 7) is 4.39. The van der Waals surface area contributed by atoms with Crippen molar-refractivity contribution in [2.24, 2.45) is 0 Å². The zero-order valence-corrected chi connectivity index (χ0v) is 10.6. The van der Waals surface area contributed by atoms with Gasteiger partial charge in [0.1, 0.15) is 0 Å². The lowest BCUT2D eigenvalue weighted by atomic mass is 10.1. The molecule has 1 unspecified atom stereocenters. The summed E-state index contributed by atoms with van der Waals surface area (Å²) in [4.78, 5) is 0. The topological polar surface area (TPSA) is 12.0 Å². The molecule has 2 rings (SSSR count). The van der Waals surface area contributed by atoms with Gasteiger partial charge in [0.25, 0.3) is 0 Å². The molecule has 0 fully saturated rings. The summed E-state index contributed by atoms with van der Waals surface area (Å²) in [6, 6.07) is 11.1. The van der Waals surface area contributed by atoms with Gasteiger partial charge in [-0.15, -0.1) is 0 Å². The lowest BCUT2D eigenvalue weighted by Crippen LogP contribution is -2.07. The number of benzene rings is 1. The summed E-state index contributed by atoms with van der Waals surface area (Å²) in [5.41, 5.74) is 3.99. The van der Waals surface area contributed by atoms with Crippen LogP contribution in [0, 0.1) is 0 Å². The third-order valence-electron chi connectivity index (χ3n) is 2.81. The number of para-hydroxylation sites is 1. The van der Waals surface area contributed by atoms with E-state index in [9.17, 15) is 0 Å². The average molecular weight is 231 g/mol. The molecule has 0 aliphatic carbocycles. The maximum Gasteiger partial charge on any atom is 0.0493 e. The van der Waals surface area contributed by atoms with Gasteiger partial charge < -0.3 is 5.32 Å². The number of aryl methyl sites for hydroxylation is 1. The molecule has 0 saturated carbocycles. The second-order valence-electron chi connectivity index (χ2n) is 3.93. The molecule has 1 aromatic carbocycles. The van der Waals surface area contributed by atoms with Crippen molar-refractivity contribution in [3.8, 4) is 0 Å². The number of hydrogen-bond donors (Lipinski definition) is 1. The summed E-state index contributed by atoms with van der Waals surface area (Å²) in [7, 11) is 0. The highest BCUT2D eigenvalue weighted by Gasteiger charge is 2.07. The fraction of sp³-hybridized carbons (Fsp3) is 0.286. The Balaban J connectivity index is 2.14. The number of hydrogen-bond acceptors (Lipinski definition) is 2. The van der Waals surface area contributed by atoms with Crippen molar-refractivity contribution in [1.29, 1.82) is 0 Å². The van der Waals surface area contributed by atoms with Crippen molar-refractivity contribution in [2.75, 3.05) is 5.32 Å². The smallest absolute Gasteiger partial charge is 0.0493 e. The molecular weight excluding hydrogens is 214 g/mol. The highest BCUT2D eigenvalue weighted by atomic mass is 32.1. The van der Waals surface area contributed by atoms with Crippen molar-refractivity contribution in [3.05, 3.63) is 52.2 Å². The third-order valence-corrected chi connectivity index (χ3v) is 3.51. The Kier molecular flexibility index (Phi) is 3.62. The Bertz CT molecular complexity index is 434. The van der Waals surface area contributed by atoms with Crippen LogP contribution in [0.5, 0.6) is 0 Å². The minimum atomic E-state index is 0.374. The quantitative estimate of drug-likeness (QED) is 0.818. The Morgan fingerprint density at radius 3 is 2.75 bits per heavy atom. The van der Waals surface area contributed by atoms with Crippen molar-refractivity contribution in [2.45, 2.75) is 26.3 Å². The van der Waals surface area contributed by atoms with Gasteiger partial charge >= 0.3 is 0 Å². The third kappa shape index (κ3) is 2.45. The van der Waals surface area contributed by atoms with Crippen LogP contribution in [-0.4, -0.2) is 0 Å². The molecule has 0 radical (unpaired) electrons. The predicted octanol–water partition coefficient (Wildman–Crippen LogP) is 4.48. The van der Waals surface area contributed by atoms with E-state index in [1.165, 1.54) is 16.8 Å². The average Bonchev–Trinajstić information content (AvgIpc) is 2.83. The van der Waals surface area contributed by atoms with E-state index in [2.05, 4.69) is 60.3 Å². The summed E-state index contributed by atoms with van der Waals surface area (Å²) < 4.78 is 0. The first-order valence-electron chi connectivity index (χ1n) is 5.67. The van der Waals surface area contributed by atoms with Crippen LogP contribution in [0.3, 0.4) is 0 Å². The molecule has 1 aromatic heterocycles. The van der Waals surface area contributed by atoms with Crippen molar-refractivity contribution in [1.82, 2.24) is 0 Å². The molecule has 1 heterocycles. The van der Waals surface area contributed by atoms with E-state index in [-0.39, 0.29) is 0 Å². The zero-order chi connectivity index (χ0) is 11.4. The largest absolute Gasteiger partial charge is 0.378 e. The van der Waals surface area contributed by atoms with Crippen LogP contribution in [0.15, 0.2) is 41.1 Å². The van der Waals surface area contributed by atoms with Crippen molar-refractivity contribution >= 4 is 17.0 Å². The number of rotatable bonds is 4. The molecule has 84 valence electrons. The van der Waals surface area contributed by atoms with Gasteiger partial charge in [0.05, 0.1) is 0 Å². The van der Waals surface area contributed by atoms with E-state index in [0.29, 0.717) is 6.04 Å². The van der Waals surface area contributed by atoms with Crippen LogP contribution in [0.1, 0.15) is 31.0 Å².